The fraction of sp³-hybridized carbons (Fsp3) is 0.200. The molecule has 262 valence electrons. The quantitative estimate of drug-likeness (QED) is 0.0762. The molecule has 0 aliphatic carbocycles. The van der Waals surface area contributed by atoms with Crippen molar-refractivity contribution in [3.05, 3.63) is 90.6 Å². The number of carbonyl (C=O) groups is 1. The Kier molecular flexibility index (Phi) is 10.7. The topological polar surface area (TPSA) is 180 Å². The fourth-order valence-corrected chi connectivity index (χ4v) is 6.34. The van der Waals surface area contributed by atoms with Gasteiger partial charge in [-0.3, -0.25) is 4.57 Å². The van der Waals surface area contributed by atoms with E-state index in [1.54, 1.807) is 30.5 Å². The van der Waals surface area contributed by atoms with Crippen LogP contribution in [0.3, 0.4) is 0 Å². The van der Waals surface area contributed by atoms with Crippen molar-refractivity contribution in [1.29, 1.82) is 0 Å². The Bertz CT molecular complexity index is 2130. The third-order valence-corrected chi connectivity index (χ3v) is 9.02. The van der Waals surface area contributed by atoms with E-state index in [0.29, 0.717) is 45.8 Å². The third kappa shape index (κ3) is 8.52. The van der Waals surface area contributed by atoms with Gasteiger partial charge in [0.2, 0.25) is 0 Å². The lowest BCUT2D eigenvalue weighted by Gasteiger charge is -2.24. The Morgan fingerprint density at radius 2 is 1.54 bits per heavy atom. The van der Waals surface area contributed by atoms with Crippen LogP contribution in [0.4, 0.5) is 33.4 Å². The number of rotatable bonds is 11. The van der Waals surface area contributed by atoms with Crippen LogP contribution in [0.25, 0.3) is 10.8 Å². The number of fused-ring (bicyclic) bond motifs is 1. The minimum Gasteiger partial charge on any atom is -0.496 e. The number of ether oxygens (including phenoxy) is 3. The van der Waals surface area contributed by atoms with Crippen LogP contribution in [-0.4, -0.2) is 45.5 Å². The fourth-order valence-electron chi connectivity index (χ4n) is 5.16. The molecule has 4 aromatic carbocycles. The standard InChI is InChI=1S/C35H38N5O8PS/c1-35(2,3)21-17-27(33(47-5)28(18-21)40-50(6)45)39-34(41)38-26-12-13-29(25-10-8-7-9-24(25)26)48-23-15-16-36-32(20-23)37-22-11-14-31(49(42,43)44)30(19-22)46-4/h7-20,40H,1-6H3,(H,36,37)(H2,38,39,41)(H2,42,43,44). The van der Waals surface area contributed by atoms with Gasteiger partial charge >= 0.3 is 13.6 Å². The van der Waals surface area contributed by atoms with Crippen LogP contribution in [-0.2, 0) is 21.0 Å². The van der Waals surface area contributed by atoms with Gasteiger partial charge < -0.3 is 44.7 Å². The lowest BCUT2D eigenvalue weighted by molar-refractivity contribution is 0.262. The van der Waals surface area contributed by atoms with Crippen molar-refractivity contribution in [2.24, 2.45) is 0 Å². The summed E-state index contributed by atoms with van der Waals surface area (Å²) in [5, 5.41) is 10.2. The normalized spacial score (nSPS) is 12.2. The molecule has 0 fully saturated rings. The Morgan fingerprint density at radius 1 is 0.840 bits per heavy atom. The van der Waals surface area contributed by atoms with Crippen LogP contribution in [0.1, 0.15) is 26.3 Å². The average molecular weight is 720 g/mol. The van der Waals surface area contributed by atoms with Crippen LogP contribution in [0.15, 0.2) is 85.1 Å². The summed E-state index contributed by atoms with van der Waals surface area (Å²) >= 11 is 0. The summed E-state index contributed by atoms with van der Waals surface area (Å²) in [5.41, 5.74) is 2.58. The van der Waals surface area contributed by atoms with Crippen LogP contribution in [0, 0.1) is 0 Å². The van der Waals surface area contributed by atoms with Crippen molar-refractivity contribution in [3.63, 3.8) is 0 Å². The molecule has 0 radical (unpaired) electrons. The number of methoxy groups -OCH3 is 2. The highest BCUT2D eigenvalue weighted by Gasteiger charge is 2.23. The summed E-state index contributed by atoms with van der Waals surface area (Å²) < 4.78 is 43.8. The second kappa shape index (κ2) is 14.8. The number of carbonyl (C=O) groups excluding carboxylic acids is 1. The summed E-state index contributed by atoms with van der Waals surface area (Å²) in [6.07, 6.45) is 3.08. The number of anilines is 5. The number of urea groups is 1. The number of amides is 2. The minimum atomic E-state index is -4.52. The van der Waals surface area contributed by atoms with Crippen molar-refractivity contribution >= 4 is 69.3 Å². The average Bonchev–Trinajstić information content (AvgIpc) is 3.04. The van der Waals surface area contributed by atoms with E-state index in [1.165, 1.54) is 38.7 Å². The van der Waals surface area contributed by atoms with Crippen molar-refractivity contribution in [2.75, 3.05) is 41.1 Å². The molecule has 1 atom stereocenters. The van der Waals surface area contributed by atoms with Gasteiger partial charge in [-0.1, -0.05) is 45.0 Å². The first kappa shape index (κ1) is 36.1. The van der Waals surface area contributed by atoms with Gasteiger partial charge in [-0.15, -0.1) is 0 Å². The predicted octanol–water partition coefficient (Wildman–Crippen LogP) is 7.24. The molecule has 5 aromatic rings. The zero-order chi connectivity index (χ0) is 36.2. The summed E-state index contributed by atoms with van der Waals surface area (Å²) in [6, 6.07) is 21.8. The maximum atomic E-state index is 13.4. The zero-order valence-corrected chi connectivity index (χ0v) is 29.9. The monoisotopic (exact) mass is 719 g/mol. The molecule has 5 rings (SSSR count). The third-order valence-electron chi connectivity index (χ3n) is 7.52. The van der Waals surface area contributed by atoms with E-state index < -0.39 is 24.6 Å². The van der Waals surface area contributed by atoms with Crippen molar-refractivity contribution in [1.82, 2.24) is 4.98 Å². The molecule has 13 nitrogen and oxygen atoms in total. The lowest BCUT2D eigenvalue weighted by atomic mass is 9.86. The smallest absolute Gasteiger partial charge is 0.359 e. The van der Waals surface area contributed by atoms with Gasteiger partial charge in [0.15, 0.2) is 5.75 Å². The highest BCUT2D eigenvalue weighted by atomic mass is 32.2. The SMILES string of the molecule is COc1cc(Nc2cc(Oc3ccc(NC(=O)Nc4cc(C(C)(C)C)cc(NS(C)=O)c4OC)c4ccccc34)ccn2)ccc1P(=O)(O)O. The molecule has 0 spiro atoms. The van der Waals surface area contributed by atoms with Gasteiger partial charge in [0.1, 0.15) is 39.4 Å². The number of pyridine rings is 1. The zero-order valence-electron chi connectivity index (χ0n) is 28.2. The highest BCUT2D eigenvalue weighted by molar-refractivity contribution is 7.85. The number of hydrogen-bond donors (Lipinski definition) is 6. The van der Waals surface area contributed by atoms with Crippen LogP contribution >= 0.6 is 7.60 Å². The Labute approximate surface area is 292 Å². The predicted molar refractivity (Wildman–Crippen MR) is 198 cm³/mol. The van der Waals surface area contributed by atoms with Gasteiger partial charge in [-0.05, 0) is 53.4 Å². The van der Waals surface area contributed by atoms with E-state index in [0.717, 1.165) is 16.3 Å². The Balaban J connectivity index is 1.38. The molecule has 6 N–H and O–H groups in total. The molecule has 0 saturated heterocycles. The molecule has 15 heteroatoms. The molecule has 0 saturated carbocycles. The van der Waals surface area contributed by atoms with Crippen LogP contribution < -0.4 is 40.2 Å². The first-order chi connectivity index (χ1) is 23.7. The number of nitrogens with one attached hydrogen (secondary N) is 4. The molecule has 0 aliphatic rings. The minimum absolute atomic E-state index is 0.0399. The summed E-state index contributed by atoms with van der Waals surface area (Å²) in [6.45, 7) is 6.12. The molecule has 1 unspecified atom stereocenters. The summed E-state index contributed by atoms with van der Waals surface area (Å²) in [7, 11) is -3.08. The first-order valence-corrected chi connectivity index (χ1v) is 18.4. The van der Waals surface area contributed by atoms with E-state index in [9.17, 15) is 23.4 Å². The number of hydrogen-bond acceptors (Lipinski definition) is 8. The van der Waals surface area contributed by atoms with Crippen LogP contribution in [0.2, 0.25) is 0 Å². The lowest BCUT2D eigenvalue weighted by Crippen LogP contribution is -2.21. The maximum absolute atomic E-state index is 13.4. The van der Waals surface area contributed by atoms with E-state index in [2.05, 4.69) is 25.7 Å². The van der Waals surface area contributed by atoms with E-state index in [1.807, 2.05) is 57.2 Å². The van der Waals surface area contributed by atoms with Gasteiger partial charge in [-0.25, -0.2) is 14.0 Å². The molecule has 1 heterocycles. The van der Waals surface area contributed by atoms with Crippen LogP contribution in [0.5, 0.6) is 23.0 Å². The highest BCUT2D eigenvalue weighted by Crippen LogP contribution is 2.41. The van der Waals surface area contributed by atoms with Gasteiger partial charge in [-0.2, -0.15) is 0 Å². The van der Waals surface area contributed by atoms with Crippen molar-refractivity contribution < 1.29 is 37.6 Å². The number of benzene rings is 4. The van der Waals surface area contributed by atoms with E-state index >= 15 is 0 Å². The van der Waals surface area contributed by atoms with Gasteiger partial charge in [0, 0.05) is 41.0 Å². The molecular formula is C35H38N5O8PS. The second-order valence-corrected chi connectivity index (χ2v) is 14.9. The molecule has 0 bridgehead atoms. The van der Waals surface area contributed by atoms with Gasteiger partial charge in [0.05, 0.1) is 31.3 Å². The summed E-state index contributed by atoms with van der Waals surface area (Å²) in [4.78, 5) is 36.9. The second-order valence-electron chi connectivity index (χ2n) is 12.2. The molecule has 1 aromatic heterocycles. The van der Waals surface area contributed by atoms with E-state index in [-0.39, 0.29) is 16.5 Å². The molecular weight excluding hydrogens is 681 g/mol. The maximum Gasteiger partial charge on any atom is 0.359 e. The van der Waals surface area contributed by atoms with Crippen molar-refractivity contribution in [3.8, 4) is 23.0 Å². The Morgan fingerprint density at radius 3 is 2.20 bits per heavy atom. The van der Waals surface area contributed by atoms with Crippen molar-refractivity contribution in [2.45, 2.75) is 26.2 Å². The molecule has 0 aliphatic heterocycles. The largest absolute Gasteiger partial charge is 0.496 e. The summed E-state index contributed by atoms with van der Waals surface area (Å²) in [5.74, 6) is 1.80. The first-order valence-electron chi connectivity index (χ1n) is 15.2. The molecule has 50 heavy (non-hydrogen) atoms. The molecule has 2 amide bonds. The number of aromatic nitrogens is 1. The van der Waals surface area contributed by atoms with Gasteiger partial charge in [0.25, 0.3) is 0 Å². The Hall–Kier alpha value is -5.14. The van der Waals surface area contributed by atoms with E-state index in [4.69, 9.17) is 14.2 Å². The number of nitrogens with zero attached hydrogens (tertiary/aromatic N) is 1.